The van der Waals surface area contributed by atoms with E-state index in [1.165, 1.54) is 82.0 Å². The van der Waals surface area contributed by atoms with Gasteiger partial charge in [-0.2, -0.15) is 0 Å². The van der Waals surface area contributed by atoms with Gasteiger partial charge < -0.3 is 4.90 Å². The molecular weight excluding hydrogens is 1430 g/mol. The molecule has 0 aliphatic heterocycles. The maximum absolute atomic E-state index is 9.22. The molecule has 2 heteroatoms. The number of nitrogens with zero attached hydrogens (tertiary/aromatic N) is 1. The molecule has 0 atom stereocenters. The van der Waals surface area contributed by atoms with Gasteiger partial charge in [0.1, 0.15) is 0 Å². The molecule has 117 heavy (non-hydrogen) atoms. The third-order valence-corrected chi connectivity index (χ3v) is 23.7. The number of halogens is 1. The minimum absolute atomic E-state index is 0.0844. The van der Waals surface area contributed by atoms with Crippen molar-refractivity contribution in [3.8, 4) is 66.8 Å². The molecule has 2 aliphatic rings. The highest BCUT2D eigenvalue weighted by molar-refractivity contribution is 6.30. The van der Waals surface area contributed by atoms with Crippen LogP contribution >= 0.6 is 11.6 Å². The van der Waals surface area contributed by atoms with Crippen LogP contribution in [-0.2, 0) is 17.3 Å². The molecule has 0 saturated heterocycles. The van der Waals surface area contributed by atoms with Crippen molar-refractivity contribution in [1.29, 1.82) is 0 Å². The normalized spacial score (nSPS) is 13.7. The van der Waals surface area contributed by atoms with Gasteiger partial charge in [-0.25, -0.2) is 0 Å². The monoisotopic (exact) mass is 1520 g/mol. The van der Waals surface area contributed by atoms with E-state index in [1.807, 2.05) is 77.7 Å². The molecule has 0 unspecified atom stereocenters. The average molecular weight is 1520 g/mol. The predicted molar refractivity (Wildman–Crippen MR) is 495 cm³/mol. The van der Waals surface area contributed by atoms with Gasteiger partial charge in [-0.05, 0) is 233 Å². The Kier molecular flexibility index (Phi) is 16.3. The summed E-state index contributed by atoms with van der Waals surface area (Å²) in [4.78, 5) is 1.82. The topological polar surface area (TPSA) is 3.24 Å². The van der Waals surface area contributed by atoms with Gasteiger partial charge in [0.2, 0.25) is 0 Å². The van der Waals surface area contributed by atoms with Gasteiger partial charge >= 0.3 is 0 Å². The van der Waals surface area contributed by atoms with E-state index in [2.05, 4.69) is 340 Å². The van der Waals surface area contributed by atoms with Gasteiger partial charge in [-0.15, -0.1) is 0 Å². The quantitative estimate of drug-likeness (QED) is 0.104. The van der Waals surface area contributed by atoms with Gasteiger partial charge in [0, 0.05) is 22.1 Å². The molecule has 2 aliphatic carbocycles. The third-order valence-electron chi connectivity index (χ3n) is 23.4. The van der Waals surface area contributed by atoms with Crippen LogP contribution in [0.5, 0.6) is 0 Å². The van der Waals surface area contributed by atoms with Crippen molar-refractivity contribution in [2.45, 2.75) is 17.3 Å². The van der Waals surface area contributed by atoms with Crippen LogP contribution in [0.3, 0.4) is 0 Å². The summed E-state index contributed by atoms with van der Waals surface area (Å²) < 4.78 is 85.3. The van der Waals surface area contributed by atoms with E-state index in [9.17, 15) is 2.74 Å². The summed E-state index contributed by atoms with van der Waals surface area (Å²) in [6.07, 6.45) is 0.249. The Morgan fingerprint density at radius 1 is 0.222 bits per heavy atom. The first-order chi connectivity index (χ1) is 62.1. The lowest BCUT2D eigenvalue weighted by molar-refractivity contribution is 0.767. The molecule has 22 rings (SSSR count). The second-order valence-electron chi connectivity index (χ2n) is 29.8. The first-order valence-corrected chi connectivity index (χ1v) is 40.0. The van der Waals surface area contributed by atoms with E-state index >= 15 is 0 Å². The zero-order valence-corrected chi connectivity index (χ0v) is 64.5. The molecule has 0 bridgehead atoms. The molecular formula is C115H80ClN. The molecule has 0 heterocycles. The van der Waals surface area contributed by atoms with Crippen molar-refractivity contribution >= 4 is 71.8 Å². The minimum Gasteiger partial charge on any atom is -0.310 e. The lowest BCUT2D eigenvalue weighted by atomic mass is 9.67. The summed E-state index contributed by atoms with van der Waals surface area (Å²) in [6.45, 7) is 0. The van der Waals surface area contributed by atoms with Crippen LogP contribution in [0.25, 0.3) is 110 Å². The smallest absolute Gasteiger partial charge is 0.0714 e. The maximum atomic E-state index is 9.22. The number of para-hydroxylation sites is 1. The van der Waals surface area contributed by atoms with Gasteiger partial charge in [0.25, 0.3) is 0 Å². The molecule has 0 radical (unpaired) electrons. The number of benzene rings is 20. The van der Waals surface area contributed by atoms with Gasteiger partial charge in [-0.3, -0.25) is 0 Å². The molecule has 0 saturated carbocycles. The van der Waals surface area contributed by atoms with Crippen LogP contribution in [0.1, 0.15) is 69.3 Å². The zero-order chi connectivity index (χ0) is 86.8. The summed E-state index contributed by atoms with van der Waals surface area (Å²) in [5.74, 6) is 0. The van der Waals surface area contributed by atoms with Crippen LogP contribution in [0.4, 0.5) is 17.1 Å². The van der Waals surface area contributed by atoms with Crippen molar-refractivity contribution in [3.05, 3.63) is 534 Å². The Morgan fingerprint density at radius 2 is 0.556 bits per heavy atom. The molecule has 0 aromatic heterocycles. The summed E-state index contributed by atoms with van der Waals surface area (Å²) >= 11 is 6.01. The summed E-state index contributed by atoms with van der Waals surface area (Å²) in [7, 11) is 0. The molecule has 0 spiro atoms. The fraction of sp³-hybridized carbons (Fsp3) is 0.0261. The second kappa shape index (κ2) is 31.1. The van der Waals surface area contributed by atoms with Crippen LogP contribution < -0.4 is 4.90 Å². The van der Waals surface area contributed by atoms with Gasteiger partial charge in [0.05, 0.1) is 24.5 Å². The Bertz CT molecular complexity index is 7510. The lowest BCUT2D eigenvalue weighted by Gasteiger charge is -2.35. The highest BCUT2D eigenvalue weighted by Gasteiger charge is 2.48. The molecule has 20 aromatic carbocycles. The molecule has 0 fully saturated rings. The van der Waals surface area contributed by atoms with Gasteiger partial charge in [-0.1, -0.05) is 424 Å². The predicted octanol–water partition coefficient (Wildman–Crippen LogP) is 30.8. The van der Waals surface area contributed by atoms with E-state index < -0.39 is 16.9 Å². The minimum atomic E-state index is -0.689. The molecule has 0 amide bonds. The Hall–Kier alpha value is -14.5. The number of hydrogen-bond donors (Lipinski definition) is 0. The molecule has 1 nitrogen and oxygen atoms in total. The third kappa shape index (κ3) is 13.1. The van der Waals surface area contributed by atoms with Gasteiger partial charge in [0.15, 0.2) is 0 Å². The van der Waals surface area contributed by atoms with E-state index in [-0.39, 0.29) is 66.5 Å². The van der Waals surface area contributed by atoms with Crippen molar-refractivity contribution in [3.63, 3.8) is 0 Å². The lowest BCUT2D eigenvalue weighted by Crippen LogP contribution is -2.28. The second-order valence-corrected chi connectivity index (χ2v) is 30.3. The zero-order valence-electron chi connectivity index (χ0n) is 73.8. The standard InChI is InChI=1S/C57H39N.C32H24.C26H17Cl/c1-4-17-44(18-5-1)57(45-19-6-2-7-20-45)55-27-15-14-26-52(55)53-37-36-48(39-56(53)57)58(46-21-8-3-9-22-46)47-34-32-41(33-35-47)40-28-30-42(31-29-40)54-38-43-16-10-11-23-49(43)50-24-12-13-25-51(50)54;1-4-12-24(13-5-1)22-25-20-21-29-28-18-10-11-19-30(28)32(31(29)23-25,26-14-6-2-7-15-26)27-16-8-3-9-17-27;27-22-15-13-19(14-16-22)18-9-11-20(12-10-18)26-17-21-5-1-2-6-23(21)24-7-3-4-8-25(24)26/h1-39H;1-21,23H,22H2;1-17H/i3D,8D,9D,21D,22D;1D,4D,5D,12D,13D;. The first-order valence-electron chi connectivity index (χ1n) is 44.6. The Balaban J connectivity index is 0.000000133. The highest BCUT2D eigenvalue weighted by Crippen LogP contribution is 2.59. The van der Waals surface area contributed by atoms with Crippen LogP contribution in [0.2, 0.25) is 5.02 Å². The van der Waals surface area contributed by atoms with Crippen molar-refractivity contribution in [1.82, 2.24) is 0 Å². The maximum Gasteiger partial charge on any atom is 0.0714 e. The summed E-state index contributed by atoms with van der Waals surface area (Å²) in [5.41, 5.74) is 24.3. The number of rotatable bonds is 13. The summed E-state index contributed by atoms with van der Waals surface area (Å²) in [5, 5.41) is 10.8. The SMILES string of the molecule is Clc1ccc(-c2ccc(-c3cc4ccccc4c4ccccc34)cc2)cc1.[2H]c1c([2H])c([2H])c(Cc2ccc3c(c2)C(c2ccccc2)(c2ccccc2)c2ccccc2-3)c([2H])c1[2H].[2H]c1c([2H])c([2H])c(N(c2ccc(-c3ccc(-c4cc5ccccc5c5ccccc45)cc3)cc2)c2ccc3c(c2)C(c2ccccc2)(c2ccccc2)c2ccccc2-3)c([2H])c1[2H]. The fourth-order valence-electron chi connectivity index (χ4n) is 18.2. The molecule has 20 aromatic rings. The number of fused-ring (bicyclic) bond motifs is 12. The van der Waals surface area contributed by atoms with E-state index in [0.717, 1.165) is 82.9 Å². The average Bonchev–Trinajstić information content (AvgIpc) is 1.54. The van der Waals surface area contributed by atoms with Crippen molar-refractivity contribution in [2.75, 3.05) is 4.90 Å². The Morgan fingerprint density at radius 3 is 1.01 bits per heavy atom. The summed E-state index contributed by atoms with van der Waals surface area (Å²) in [6, 6.07) is 141. The van der Waals surface area contributed by atoms with Crippen molar-refractivity contribution in [2.24, 2.45) is 0 Å². The van der Waals surface area contributed by atoms with Crippen LogP contribution in [0, 0.1) is 0 Å². The first kappa shape index (κ1) is 61.1. The van der Waals surface area contributed by atoms with E-state index in [1.54, 1.807) is 0 Å². The molecule has 0 N–H and O–H groups in total. The highest BCUT2D eigenvalue weighted by atomic mass is 35.5. The number of anilines is 3. The fourth-order valence-corrected chi connectivity index (χ4v) is 18.3. The van der Waals surface area contributed by atoms with Crippen molar-refractivity contribution < 1.29 is 13.7 Å². The molecule has 552 valence electrons. The van der Waals surface area contributed by atoms with E-state index in [4.69, 9.17) is 22.6 Å². The number of hydrogen-bond acceptors (Lipinski definition) is 1. The largest absolute Gasteiger partial charge is 0.310 e. The van der Waals surface area contributed by atoms with E-state index in [0.29, 0.717) is 16.9 Å². The van der Waals surface area contributed by atoms with Crippen LogP contribution in [-0.4, -0.2) is 0 Å². The Labute approximate surface area is 703 Å². The van der Waals surface area contributed by atoms with Crippen LogP contribution in [0.15, 0.2) is 473 Å².